The van der Waals surface area contributed by atoms with Gasteiger partial charge in [-0.25, -0.2) is 0 Å². The van der Waals surface area contributed by atoms with E-state index in [0.717, 1.165) is 17.5 Å². The molecule has 0 saturated heterocycles. The van der Waals surface area contributed by atoms with Crippen LogP contribution in [0.1, 0.15) is 21.5 Å². The number of anilines is 2. The van der Waals surface area contributed by atoms with Gasteiger partial charge in [0.2, 0.25) is 0 Å². The Morgan fingerprint density at radius 3 is 2.34 bits per heavy atom. The molecule has 0 unspecified atom stereocenters. The fraction of sp³-hybridized carbons (Fsp3) is 0.227. The molecule has 3 aromatic rings. The van der Waals surface area contributed by atoms with Gasteiger partial charge in [0.15, 0.2) is 17.3 Å². The molecule has 0 bridgehead atoms. The van der Waals surface area contributed by atoms with Gasteiger partial charge < -0.3 is 20.1 Å². The Hall–Kier alpha value is -3.61. The van der Waals surface area contributed by atoms with Crippen LogP contribution in [0.3, 0.4) is 0 Å². The molecule has 0 fully saturated rings. The van der Waals surface area contributed by atoms with E-state index in [4.69, 9.17) is 9.47 Å². The third kappa shape index (κ3) is 5.22. The first-order valence-electron chi connectivity index (χ1n) is 9.26. The Labute approximate surface area is 170 Å². The summed E-state index contributed by atoms with van der Waals surface area (Å²) >= 11 is 0. The lowest BCUT2D eigenvalue weighted by Crippen LogP contribution is -2.15. The Balaban J connectivity index is 1.53. The molecule has 1 aromatic heterocycles. The van der Waals surface area contributed by atoms with E-state index in [1.807, 2.05) is 43.3 Å². The zero-order valence-electron chi connectivity index (χ0n) is 16.7. The topological polar surface area (TPSA) is 85.4 Å². The molecule has 0 aliphatic carbocycles. The van der Waals surface area contributed by atoms with Gasteiger partial charge in [-0.15, -0.1) is 10.2 Å². The van der Waals surface area contributed by atoms with Crippen LogP contribution in [0.4, 0.5) is 11.6 Å². The van der Waals surface area contributed by atoms with Crippen LogP contribution in [0, 0.1) is 6.92 Å². The van der Waals surface area contributed by atoms with Gasteiger partial charge in [-0.05, 0) is 54.8 Å². The quantitative estimate of drug-likeness (QED) is 0.608. The molecule has 2 aromatic carbocycles. The maximum atomic E-state index is 12.3. The predicted octanol–water partition coefficient (Wildman–Crippen LogP) is 3.71. The largest absolute Gasteiger partial charge is 0.493 e. The summed E-state index contributed by atoms with van der Waals surface area (Å²) in [5.41, 5.74) is 2.64. The molecule has 150 valence electrons. The van der Waals surface area contributed by atoms with Crippen molar-refractivity contribution < 1.29 is 14.3 Å². The number of benzene rings is 2. The van der Waals surface area contributed by atoms with E-state index < -0.39 is 0 Å². The molecule has 29 heavy (non-hydrogen) atoms. The minimum absolute atomic E-state index is 0.202. The van der Waals surface area contributed by atoms with Crippen molar-refractivity contribution >= 4 is 17.5 Å². The van der Waals surface area contributed by atoms with Gasteiger partial charge in [-0.1, -0.05) is 24.3 Å². The fourth-order valence-corrected chi connectivity index (χ4v) is 2.88. The highest BCUT2D eigenvalue weighted by Gasteiger charge is 2.09. The van der Waals surface area contributed by atoms with Crippen LogP contribution < -0.4 is 20.1 Å². The number of carbonyl (C=O) groups is 1. The SMILES string of the molecule is COc1ccc(CCNc2ccc(NC(=O)c3ccccc3C)nn2)cc1OC. The highest BCUT2D eigenvalue weighted by Crippen LogP contribution is 2.27. The highest BCUT2D eigenvalue weighted by molar-refractivity contribution is 6.04. The summed E-state index contributed by atoms with van der Waals surface area (Å²) < 4.78 is 10.6. The summed E-state index contributed by atoms with van der Waals surface area (Å²) in [6, 6.07) is 16.8. The number of hydrogen-bond acceptors (Lipinski definition) is 6. The van der Waals surface area contributed by atoms with Gasteiger partial charge in [0, 0.05) is 12.1 Å². The van der Waals surface area contributed by atoms with Gasteiger partial charge in [-0.2, -0.15) is 0 Å². The molecule has 0 atom stereocenters. The number of nitrogens with one attached hydrogen (secondary N) is 2. The molecular formula is C22H24N4O3. The van der Waals surface area contributed by atoms with Crippen molar-refractivity contribution in [3.63, 3.8) is 0 Å². The standard InChI is InChI=1S/C22H24N4O3/c1-15-6-4-5-7-17(15)22(27)24-21-11-10-20(25-26-21)23-13-12-16-8-9-18(28-2)19(14-16)29-3/h4-11,14H,12-13H2,1-3H3,(H,23,25)(H,24,26,27). The van der Waals surface area contributed by atoms with E-state index in [1.165, 1.54) is 0 Å². The van der Waals surface area contributed by atoms with Gasteiger partial charge in [-0.3, -0.25) is 4.79 Å². The summed E-state index contributed by atoms with van der Waals surface area (Å²) in [6.45, 7) is 2.57. The number of methoxy groups -OCH3 is 2. The third-order valence-corrected chi connectivity index (χ3v) is 4.46. The van der Waals surface area contributed by atoms with E-state index in [1.54, 1.807) is 32.4 Å². The lowest BCUT2D eigenvalue weighted by molar-refractivity contribution is 0.102. The zero-order chi connectivity index (χ0) is 20.6. The maximum absolute atomic E-state index is 12.3. The summed E-state index contributed by atoms with van der Waals surface area (Å²) in [7, 11) is 3.24. The lowest BCUT2D eigenvalue weighted by Gasteiger charge is -2.10. The molecule has 1 amide bonds. The van der Waals surface area contributed by atoms with Crippen LogP contribution in [-0.4, -0.2) is 36.9 Å². The summed E-state index contributed by atoms with van der Waals surface area (Å²) in [5.74, 6) is 2.26. The monoisotopic (exact) mass is 392 g/mol. The molecule has 7 heteroatoms. The van der Waals surface area contributed by atoms with E-state index in [2.05, 4.69) is 20.8 Å². The third-order valence-electron chi connectivity index (χ3n) is 4.46. The Kier molecular flexibility index (Phi) is 6.63. The van der Waals surface area contributed by atoms with Crippen molar-refractivity contribution in [3.8, 4) is 11.5 Å². The Morgan fingerprint density at radius 2 is 1.66 bits per heavy atom. The van der Waals surface area contributed by atoms with Crippen molar-refractivity contribution in [2.24, 2.45) is 0 Å². The number of nitrogens with zero attached hydrogens (tertiary/aromatic N) is 2. The molecular weight excluding hydrogens is 368 g/mol. The van der Waals surface area contributed by atoms with Crippen molar-refractivity contribution in [2.75, 3.05) is 31.4 Å². The molecule has 0 aliphatic rings. The molecule has 7 nitrogen and oxygen atoms in total. The fourth-order valence-electron chi connectivity index (χ4n) is 2.88. The minimum Gasteiger partial charge on any atom is -0.493 e. The first-order chi connectivity index (χ1) is 14.1. The molecule has 0 aliphatic heterocycles. The number of carbonyl (C=O) groups excluding carboxylic acids is 1. The van der Waals surface area contributed by atoms with Crippen LogP contribution in [-0.2, 0) is 6.42 Å². The molecule has 1 heterocycles. The number of aryl methyl sites for hydroxylation is 1. The van der Waals surface area contributed by atoms with Crippen LogP contribution in [0.25, 0.3) is 0 Å². The number of ether oxygens (including phenoxy) is 2. The van der Waals surface area contributed by atoms with Gasteiger partial charge in [0.1, 0.15) is 5.82 Å². The van der Waals surface area contributed by atoms with Crippen LogP contribution in [0.15, 0.2) is 54.6 Å². The number of aromatic nitrogens is 2. The van der Waals surface area contributed by atoms with Crippen LogP contribution in [0.5, 0.6) is 11.5 Å². The van der Waals surface area contributed by atoms with Crippen LogP contribution >= 0.6 is 0 Å². The van der Waals surface area contributed by atoms with Crippen molar-refractivity contribution in [1.82, 2.24) is 10.2 Å². The Bertz CT molecular complexity index is 974. The normalized spacial score (nSPS) is 10.3. The second-order valence-electron chi connectivity index (χ2n) is 6.44. The van der Waals surface area contributed by atoms with Crippen molar-refractivity contribution in [1.29, 1.82) is 0 Å². The number of rotatable bonds is 8. The number of hydrogen-bond donors (Lipinski definition) is 2. The molecule has 0 spiro atoms. The van der Waals surface area contributed by atoms with Crippen molar-refractivity contribution in [3.05, 3.63) is 71.3 Å². The number of amides is 1. The predicted molar refractivity (Wildman–Crippen MR) is 113 cm³/mol. The summed E-state index contributed by atoms with van der Waals surface area (Å²) in [5, 5.41) is 14.2. The van der Waals surface area contributed by atoms with Gasteiger partial charge in [0.05, 0.1) is 14.2 Å². The van der Waals surface area contributed by atoms with E-state index >= 15 is 0 Å². The Morgan fingerprint density at radius 1 is 0.931 bits per heavy atom. The van der Waals surface area contributed by atoms with Gasteiger partial charge >= 0.3 is 0 Å². The molecule has 3 rings (SSSR count). The average molecular weight is 392 g/mol. The first-order valence-corrected chi connectivity index (χ1v) is 9.26. The molecule has 0 radical (unpaired) electrons. The maximum Gasteiger partial charge on any atom is 0.257 e. The van der Waals surface area contributed by atoms with Crippen molar-refractivity contribution in [2.45, 2.75) is 13.3 Å². The second-order valence-corrected chi connectivity index (χ2v) is 6.44. The molecule has 0 saturated carbocycles. The van der Waals surface area contributed by atoms with Crippen LogP contribution in [0.2, 0.25) is 0 Å². The summed E-state index contributed by atoms with van der Waals surface area (Å²) in [6.07, 6.45) is 0.786. The first kappa shape index (κ1) is 20.1. The molecule has 2 N–H and O–H groups in total. The minimum atomic E-state index is -0.202. The van der Waals surface area contributed by atoms with E-state index in [0.29, 0.717) is 35.2 Å². The highest BCUT2D eigenvalue weighted by atomic mass is 16.5. The lowest BCUT2D eigenvalue weighted by atomic mass is 10.1. The van der Waals surface area contributed by atoms with E-state index in [-0.39, 0.29) is 5.91 Å². The average Bonchev–Trinajstić information content (AvgIpc) is 2.75. The summed E-state index contributed by atoms with van der Waals surface area (Å²) in [4.78, 5) is 12.3. The van der Waals surface area contributed by atoms with Gasteiger partial charge in [0.25, 0.3) is 5.91 Å². The smallest absolute Gasteiger partial charge is 0.257 e. The second kappa shape index (κ2) is 9.54. The van der Waals surface area contributed by atoms with E-state index in [9.17, 15) is 4.79 Å². The zero-order valence-corrected chi connectivity index (χ0v) is 16.7.